The van der Waals surface area contributed by atoms with Crippen LogP contribution in [0.5, 0.6) is 0 Å². The molecule has 0 N–H and O–H groups in total. The van der Waals surface area contributed by atoms with Gasteiger partial charge in [0, 0.05) is 48.5 Å². The number of aromatic nitrogens is 3. The molecule has 0 amide bonds. The third-order valence-electron chi connectivity index (χ3n) is 3.55. The van der Waals surface area contributed by atoms with Gasteiger partial charge in [0.25, 0.3) is 0 Å². The lowest BCUT2D eigenvalue weighted by atomic mass is 10.2. The third-order valence-corrected chi connectivity index (χ3v) is 4.04. The van der Waals surface area contributed by atoms with Gasteiger partial charge in [-0.15, -0.1) is 0 Å². The highest BCUT2D eigenvalue weighted by Gasteiger charge is 2.13. The summed E-state index contributed by atoms with van der Waals surface area (Å²) in [5, 5.41) is 1.01. The Morgan fingerprint density at radius 3 is 2.83 bits per heavy atom. The predicted octanol–water partition coefficient (Wildman–Crippen LogP) is 3.54. The van der Waals surface area contributed by atoms with Crippen LogP contribution in [0.15, 0.2) is 47.2 Å². The summed E-state index contributed by atoms with van der Waals surface area (Å²) in [5.74, 6) is 1.55. The molecule has 0 saturated heterocycles. The number of halogens is 1. The van der Waals surface area contributed by atoms with Crippen molar-refractivity contribution in [2.24, 2.45) is 0 Å². The standard InChI is InChI=1S/C17H17BrN4O/c1-22(8-9-23-2)17-14-10-13(18)5-6-15(14)20-16(21-17)12-4-3-7-19-11-12/h3-7,10-11H,8-9H2,1-2H3. The van der Waals surface area contributed by atoms with Gasteiger partial charge in [-0.2, -0.15) is 0 Å². The summed E-state index contributed by atoms with van der Waals surface area (Å²) in [6.07, 6.45) is 3.52. The van der Waals surface area contributed by atoms with Crippen LogP contribution in [0.3, 0.4) is 0 Å². The van der Waals surface area contributed by atoms with E-state index in [0.717, 1.165) is 33.3 Å². The minimum Gasteiger partial charge on any atom is -0.383 e. The average molecular weight is 373 g/mol. The van der Waals surface area contributed by atoms with Crippen LogP contribution in [0, 0.1) is 0 Å². The molecule has 0 aliphatic carbocycles. The number of rotatable bonds is 5. The van der Waals surface area contributed by atoms with Gasteiger partial charge in [0.2, 0.25) is 0 Å². The molecule has 0 spiro atoms. The first-order valence-corrected chi connectivity index (χ1v) is 8.06. The van der Waals surface area contributed by atoms with E-state index in [1.807, 2.05) is 37.4 Å². The van der Waals surface area contributed by atoms with Crippen molar-refractivity contribution in [3.8, 4) is 11.4 Å². The molecule has 0 radical (unpaired) electrons. The second-order valence-corrected chi connectivity index (χ2v) is 6.10. The highest BCUT2D eigenvalue weighted by molar-refractivity contribution is 9.10. The van der Waals surface area contributed by atoms with Crippen LogP contribution in [0.2, 0.25) is 0 Å². The van der Waals surface area contributed by atoms with E-state index in [9.17, 15) is 0 Å². The molecule has 0 bridgehead atoms. The van der Waals surface area contributed by atoms with Crippen LogP contribution < -0.4 is 4.90 Å². The van der Waals surface area contributed by atoms with Gasteiger partial charge in [0.05, 0.1) is 12.1 Å². The number of anilines is 1. The van der Waals surface area contributed by atoms with Crippen molar-refractivity contribution >= 4 is 32.7 Å². The van der Waals surface area contributed by atoms with Crippen molar-refractivity contribution in [2.45, 2.75) is 0 Å². The van der Waals surface area contributed by atoms with Crippen LogP contribution in [-0.2, 0) is 4.74 Å². The molecule has 0 aliphatic rings. The SMILES string of the molecule is COCCN(C)c1nc(-c2cccnc2)nc2ccc(Br)cc12. The molecular weight excluding hydrogens is 356 g/mol. The molecule has 0 saturated carbocycles. The van der Waals surface area contributed by atoms with E-state index in [4.69, 9.17) is 9.72 Å². The molecule has 2 aromatic heterocycles. The average Bonchev–Trinajstić information content (AvgIpc) is 2.59. The minimum absolute atomic E-state index is 0.637. The third kappa shape index (κ3) is 3.48. The number of fused-ring (bicyclic) bond motifs is 1. The Labute approximate surface area is 143 Å². The Balaban J connectivity index is 2.15. The van der Waals surface area contributed by atoms with E-state index in [0.29, 0.717) is 12.4 Å². The molecule has 5 nitrogen and oxygen atoms in total. The van der Waals surface area contributed by atoms with Crippen LogP contribution in [0.4, 0.5) is 5.82 Å². The van der Waals surface area contributed by atoms with Crippen LogP contribution in [0.25, 0.3) is 22.3 Å². The van der Waals surface area contributed by atoms with Crippen molar-refractivity contribution in [2.75, 3.05) is 32.2 Å². The van der Waals surface area contributed by atoms with Gasteiger partial charge in [0.15, 0.2) is 5.82 Å². The smallest absolute Gasteiger partial charge is 0.163 e. The van der Waals surface area contributed by atoms with Crippen LogP contribution in [-0.4, -0.2) is 42.3 Å². The molecule has 6 heteroatoms. The van der Waals surface area contributed by atoms with Crippen molar-refractivity contribution in [3.05, 3.63) is 47.2 Å². The van der Waals surface area contributed by atoms with E-state index in [1.165, 1.54) is 0 Å². The molecular formula is C17H17BrN4O. The molecule has 1 aromatic carbocycles. The Kier molecular flexibility index (Phi) is 4.83. The zero-order valence-corrected chi connectivity index (χ0v) is 14.6. The molecule has 0 atom stereocenters. The molecule has 0 fully saturated rings. The van der Waals surface area contributed by atoms with Gasteiger partial charge >= 0.3 is 0 Å². The second-order valence-electron chi connectivity index (χ2n) is 5.19. The van der Waals surface area contributed by atoms with Gasteiger partial charge in [-0.05, 0) is 30.3 Å². The maximum atomic E-state index is 5.18. The summed E-state index contributed by atoms with van der Waals surface area (Å²) >= 11 is 3.52. The lowest BCUT2D eigenvalue weighted by Crippen LogP contribution is -2.23. The molecule has 3 aromatic rings. The Morgan fingerprint density at radius 1 is 1.22 bits per heavy atom. The fourth-order valence-electron chi connectivity index (χ4n) is 2.33. The maximum absolute atomic E-state index is 5.18. The summed E-state index contributed by atoms with van der Waals surface area (Å²) in [4.78, 5) is 15.7. The first-order chi connectivity index (χ1) is 11.2. The van der Waals surface area contributed by atoms with E-state index >= 15 is 0 Å². The Morgan fingerprint density at radius 2 is 2.09 bits per heavy atom. The quantitative estimate of drug-likeness (QED) is 0.685. The Bertz CT molecular complexity index is 810. The summed E-state index contributed by atoms with van der Waals surface area (Å²) in [6, 6.07) is 9.88. The maximum Gasteiger partial charge on any atom is 0.163 e. The van der Waals surface area contributed by atoms with E-state index in [2.05, 4.69) is 30.8 Å². The fraction of sp³-hybridized carbons (Fsp3) is 0.235. The molecule has 0 unspecified atom stereocenters. The summed E-state index contributed by atoms with van der Waals surface area (Å²) in [6.45, 7) is 1.39. The van der Waals surface area contributed by atoms with Gasteiger partial charge in [-0.25, -0.2) is 9.97 Å². The number of methoxy groups -OCH3 is 1. The monoisotopic (exact) mass is 372 g/mol. The van der Waals surface area contributed by atoms with Gasteiger partial charge in [0.1, 0.15) is 5.82 Å². The summed E-state index contributed by atoms with van der Waals surface area (Å²) in [5.41, 5.74) is 1.81. The number of hydrogen-bond donors (Lipinski definition) is 0. The topological polar surface area (TPSA) is 51.1 Å². The highest BCUT2D eigenvalue weighted by atomic mass is 79.9. The summed E-state index contributed by atoms with van der Waals surface area (Å²) in [7, 11) is 3.71. The second kappa shape index (κ2) is 7.02. The first-order valence-electron chi connectivity index (χ1n) is 7.27. The number of likely N-dealkylation sites (N-methyl/N-ethyl adjacent to an activating group) is 1. The van der Waals surface area contributed by atoms with Crippen molar-refractivity contribution in [1.82, 2.24) is 15.0 Å². The van der Waals surface area contributed by atoms with Crippen molar-refractivity contribution in [3.63, 3.8) is 0 Å². The molecule has 23 heavy (non-hydrogen) atoms. The van der Waals surface area contributed by atoms with Gasteiger partial charge < -0.3 is 9.64 Å². The number of benzene rings is 1. The lowest BCUT2D eigenvalue weighted by Gasteiger charge is -2.20. The normalized spacial score (nSPS) is 10.9. The van der Waals surface area contributed by atoms with E-state index in [-0.39, 0.29) is 0 Å². The number of pyridine rings is 1. The number of hydrogen-bond acceptors (Lipinski definition) is 5. The van der Waals surface area contributed by atoms with E-state index < -0.39 is 0 Å². The van der Waals surface area contributed by atoms with E-state index in [1.54, 1.807) is 19.5 Å². The van der Waals surface area contributed by atoms with Crippen LogP contribution >= 0.6 is 15.9 Å². The molecule has 3 rings (SSSR count). The van der Waals surface area contributed by atoms with Gasteiger partial charge in [-0.1, -0.05) is 15.9 Å². The zero-order valence-electron chi connectivity index (χ0n) is 13.0. The zero-order chi connectivity index (χ0) is 16.2. The summed E-state index contributed by atoms with van der Waals surface area (Å²) < 4.78 is 6.18. The van der Waals surface area contributed by atoms with Gasteiger partial charge in [-0.3, -0.25) is 4.98 Å². The van der Waals surface area contributed by atoms with Crippen LogP contribution in [0.1, 0.15) is 0 Å². The van der Waals surface area contributed by atoms with Crippen molar-refractivity contribution < 1.29 is 4.74 Å². The van der Waals surface area contributed by atoms with Crippen molar-refractivity contribution in [1.29, 1.82) is 0 Å². The predicted molar refractivity (Wildman–Crippen MR) is 95.6 cm³/mol. The molecule has 118 valence electrons. The largest absolute Gasteiger partial charge is 0.383 e. The molecule has 0 aliphatic heterocycles. The minimum atomic E-state index is 0.637. The number of ether oxygens (including phenoxy) is 1. The fourth-order valence-corrected chi connectivity index (χ4v) is 2.69. The lowest BCUT2D eigenvalue weighted by molar-refractivity contribution is 0.206. The Hall–Kier alpha value is -2.05. The highest BCUT2D eigenvalue weighted by Crippen LogP contribution is 2.29. The molecule has 2 heterocycles. The number of nitrogens with zero attached hydrogens (tertiary/aromatic N) is 4. The first kappa shape index (κ1) is 15.8.